The predicted molar refractivity (Wildman–Crippen MR) is 215 cm³/mol. The molecule has 0 saturated heterocycles. The average Bonchev–Trinajstić information content (AvgIpc) is 3.50. The van der Waals surface area contributed by atoms with E-state index >= 15 is 0 Å². The van der Waals surface area contributed by atoms with Crippen molar-refractivity contribution in [1.29, 1.82) is 0 Å². The molecule has 10 heteroatoms. The minimum atomic E-state index is -4.92. The number of hydrogen-bond donors (Lipinski definition) is 0. The number of amides is 1. The normalized spacial score (nSPS) is 13.8. The van der Waals surface area contributed by atoms with Gasteiger partial charge in [-0.25, -0.2) is 4.99 Å². The summed E-state index contributed by atoms with van der Waals surface area (Å²) in [6, 6.07) is 4.94. The summed E-state index contributed by atoms with van der Waals surface area (Å²) in [7, 11) is 1.38. The number of aliphatic imine (C=N–C) groups is 1. The van der Waals surface area contributed by atoms with E-state index in [1.165, 1.54) is 167 Å². The molecule has 2 rings (SSSR count). The Labute approximate surface area is 349 Å². The fourth-order valence-corrected chi connectivity index (χ4v) is 7.33. The van der Waals surface area contributed by atoms with Crippen LogP contribution >= 0.6 is 0 Å². The molecular formula is C44H73F3N3NaO3. The second-order valence-electron chi connectivity index (χ2n) is 15.1. The van der Waals surface area contributed by atoms with Crippen molar-refractivity contribution in [3.05, 3.63) is 30.2 Å². The van der Waals surface area contributed by atoms with Crippen LogP contribution < -0.4 is 49.2 Å². The molecule has 0 aromatic heterocycles. The van der Waals surface area contributed by atoms with Gasteiger partial charge in [-0.2, -0.15) is 13.2 Å². The number of rotatable bonds is 33. The zero-order chi connectivity index (χ0) is 38.6. The zero-order valence-corrected chi connectivity index (χ0v) is 36.7. The summed E-state index contributed by atoms with van der Waals surface area (Å²) in [4.78, 5) is 18.8. The number of unbranched alkanes of at least 4 members (excludes halogenated alkanes) is 26. The van der Waals surface area contributed by atoms with Crippen LogP contribution in [0.3, 0.4) is 0 Å². The first-order valence-electron chi connectivity index (χ1n) is 21.5. The number of carbonyl (C=O) groups excluding carboxylic acids is 1. The summed E-state index contributed by atoms with van der Waals surface area (Å²) in [5.74, 6) is -2.41. The molecule has 1 aliphatic heterocycles. The monoisotopic (exact) mass is 772 g/mol. The van der Waals surface area contributed by atoms with Gasteiger partial charge in [0.25, 0.3) is 5.91 Å². The second kappa shape index (κ2) is 31.4. The Hall–Kier alpha value is -1.71. The predicted octanol–water partition coefficient (Wildman–Crippen LogP) is 9.98. The van der Waals surface area contributed by atoms with Crippen LogP contribution in [0, 0.1) is 0 Å². The van der Waals surface area contributed by atoms with E-state index in [0.29, 0.717) is 4.90 Å². The summed E-state index contributed by atoms with van der Waals surface area (Å²) in [6.45, 7) is 6.22. The van der Waals surface area contributed by atoms with Crippen LogP contribution in [0.2, 0.25) is 0 Å². The molecule has 1 aromatic rings. The van der Waals surface area contributed by atoms with Gasteiger partial charge in [0.05, 0.1) is 12.8 Å². The number of carbonyl (C=O) groups is 1. The van der Waals surface area contributed by atoms with E-state index in [1.807, 2.05) is 0 Å². The summed E-state index contributed by atoms with van der Waals surface area (Å²) in [5.41, 5.74) is -0.00507. The van der Waals surface area contributed by atoms with Crippen LogP contribution in [-0.4, -0.2) is 38.1 Å². The minimum Gasteiger partial charge on any atom is -0.876 e. The van der Waals surface area contributed by atoms with Crippen LogP contribution in [0.15, 0.2) is 35.2 Å². The van der Waals surface area contributed by atoms with Gasteiger partial charge in [-0.05, 0) is 25.0 Å². The number of methoxy groups -OCH3 is 1. The molecule has 0 spiro atoms. The van der Waals surface area contributed by atoms with Gasteiger partial charge in [0.2, 0.25) is 5.84 Å². The Morgan fingerprint density at radius 3 is 1.37 bits per heavy atom. The molecule has 0 radical (unpaired) electrons. The van der Waals surface area contributed by atoms with Crippen molar-refractivity contribution >= 4 is 23.1 Å². The number of benzene rings is 1. The molecule has 54 heavy (non-hydrogen) atoms. The molecule has 0 N–H and O–H groups in total. The number of nitrogens with zero attached hydrogens (tertiary/aromatic N) is 3. The van der Waals surface area contributed by atoms with Crippen LogP contribution in [0.5, 0.6) is 5.75 Å². The summed E-state index contributed by atoms with van der Waals surface area (Å²) < 4.78 is 47.1. The van der Waals surface area contributed by atoms with Crippen molar-refractivity contribution in [2.24, 2.45) is 4.99 Å². The largest absolute Gasteiger partial charge is 1.00 e. The van der Waals surface area contributed by atoms with Gasteiger partial charge < -0.3 is 14.7 Å². The Morgan fingerprint density at radius 2 is 1.04 bits per heavy atom. The molecule has 0 unspecified atom stereocenters. The fraction of sp³-hybridized carbons (Fsp3) is 0.773. The third-order valence-corrected chi connectivity index (χ3v) is 10.6. The van der Waals surface area contributed by atoms with Crippen molar-refractivity contribution in [1.82, 2.24) is 0 Å². The van der Waals surface area contributed by atoms with Crippen molar-refractivity contribution in [3.63, 3.8) is 0 Å². The maximum atomic E-state index is 13.9. The van der Waals surface area contributed by atoms with Gasteiger partial charge >= 0.3 is 35.7 Å². The molecular weight excluding hydrogens is 698 g/mol. The van der Waals surface area contributed by atoms with Crippen LogP contribution in [0.4, 0.5) is 24.5 Å². The first-order chi connectivity index (χ1) is 25.8. The standard InChI is InChI=1S/C44H74F3N3O3.Na/c1-4-6-8-10-12-14-16-18-20-22-24-26-28-30-34-49(35-31-29-27-25-23-21-19-17-15-13-11-9-7-5-2)38-32-33-40(41(36-38)53-3)50-42(52)39(37-51)48-43(50)44(45,46)47;/h32-33,36-37,51H,4-31,34-35H2,1-3H3;/q;+1/p-1/b39-37+;. The van der Waals surface area contributed by atoms with Gasteiger partial charge in [0, 0.05) is 24.8 Å². The van der Waals surface area contributed by atoms with E-state index < -0.39 is 23.6 Å². The number of hydrogen-bond acceptors (Lipinski definition) is 5. The maximum absolute atomic E-state index is 13.9. The molecule has 304 valence electrons. The Balaban J connectivity index is 0.0000146. The number of halogens is 3. The number of anilines is 2. The van der Waals surface area contributed by atoms with E-state index in [4.69, 9.17) is 4.74 Å². The fourth-order valence-electron chi connectivity index (χ4n) is 7.33. The summed E-state index contributed by atoms with van der Waals surface area (Å²) in [6.07, 6.45) is 31.4. The molecule has 0 atom stereocenters. The molecule has 6 nitrogen and oxygen atoms in total. The molecule has 1 amide bonds. The molecule has 0 saturated carbocycles. The first-order valence-corrected chi connectivity index (χ1v) is 21.5. The van der Waals surface area contributed by atoms with Gasteiger partial charge in [-0.1, -0.05) is 181 Å². The zero-order valence-electron chi connectivity index (χ0n) is 34.7. The average molecular weight is 772 g/mol. The molecule has 1 aromatic carbocycles. The number of amidine groups is 1. The third-order valence-electron chi connectivity index (χ3n) is 10.6. The van der Waals surface area contributed by atoms with E-state index in [9.17, 15) is 23.1 Å². The summed E-state index contributed by atoms with van der Waals surface area (Å²) >= 11 is 0. The topological polar surface area (TPSA) is 68.2 Å². The van der Waals surface area contributed by atoms with Crippen molar-refractivity contribution < 1.29 is 57.4 Å². The molecule has 0 aliphatic carbocycles. The summed E-state index contributed by atoms with van der Waals surface area (Å²) in [5, 5.41) is 11.3. The van der Waals surface area contributed by atoms with E-state index in [1.54, 1.807) is 12.1 Å². The Kier molecular flexibility index (Phi) is 29.2. The van der Waals surface area contributed by atoms with Crippen LogP contribution in [0.1, 0.15) is 194 Å². The van der Waals surface area contributed by atoms with Crippen molar-refractivity contribution in [3.8, 4) is 5.75 Å². The van der Waals surface area contributed by atoms with E-state index in [-0.39, 0.29) is 47.3 Å². The van der Waals surface area contributed by atoms with Gasteiger partial charge in [-0.3, -0.25) is 9.69 Å². The number of ether oxygens (including phenoxy) is 1. The number of alkyl halides is 3. The van der Waals surface area contributed by atoms with Gasteiger partial charge in [0.1, 0.15) is 11.4 Å². The van der Waals surface area contributed by atoms with Crippen LogP contribution in [0.25, 0.3) is 0 Å². The van der Waals surface area contributed by atoms with Crippen molar-refractivity contribution in [2.75, 3.05) is 30.0 Å². The van der Waals surface area contributed by atoms with E-state index in [2.05, 4.69) is 23.7 Å². The van der Waals surface area contributed by atoms with Gasteiger partial charge in [-0.15, -0.1) is 6.26 Å². The Morgan fingerprint density at radius 1 is 0.667 bits per heavy atom. The second-order valence-corrected chi connectivity index (χ2v) is 15.1. The van der Waals surface area contributed by atoms with Crippen LogP contribution in [-0.2, 0) is 4.79 Å². The first kappa shape index (κ1) is 50.3. The third kappa shape index (κ3) is 20.5. The van der Waals surface area contributed by atoms with E-state index in [0.717, 1.165) is 44.5 Å². The maximum Gasteiger partial charge on any atom is 1.00 e. The van der Waals surface area contributed by atoms with Crippen molar-refractivity contribution in [2.45, 2.75) is 200 Å². The molecule has 0 fully saturated rings. The molecule has 0 bridgehead atoms. The smallest absolute Gasteiger partial charge is 0.876 e. The SMILES string of the molecule is CCCCCCCCCCCCCCCCN(CCCCCCCCCCCCCCCC)c1ccc(N2C(=O)/C(=C\[O-])N=C2C(F)(F)F)c(OC)c1.[Na+]. The quantitative estimate of drug-likeness (QED) is 0.0309. The molecule has 1 aliphatic rings. The minimum absolute atomic E-state index is 0. The molecule has 1 heterocycles. The van der Waals surface area contributed by atoms with Gasteiger partial charge in [0.15, 0.2) is 0 Å². The Bertz CT molecular complexity index is 1150.